The molecule has 1 N–H and O–H groups in total. The van der Waals surface area contributed by atoms with Gasteiger partial charge in [0.25, 0.3) is 0 Å². The molecule has 2 aromatic rings. The molecule has 1 unspecified atom stereocenters. The average molecular weight is 368 g/mol. The Hall–Kier alpha value is -1.07. The van der Waals surface area contributed by atoms with E-state index in [1.807, 2.05) is 36.4 Å². The standard InChI is InChI=1S/C16H17IO2/c1-11-6-5-8-13(16(11)17)14(18)10-12-7-3-4-9-15(12)19-2/h3-9,14,18H,10H2,1-2H3. The third-order valence-corrected chi connectivity index (χ3v) is 4.66. The van der Waals surface area contributed by atoms with Gasteiger partial charge in [-0.2, -0.15) is 0 Å². The predicted octanol–water partition coefficient (Wildman–Crippen LogP) is 3.88. The SMILES string of the molecule is COc1ccccc1CC(O)c1cccc(C)c1I. The lowest BCUT2D eigenvalue weighted by molar-refractivity contribution is 0.176. The number of methoxy groups -OCH3 is 1. The average Bonchev–Trinajstić information content (AvgIpc) is 2.42. The summed E-state index contributed by atoms with van der Waals surface area (Å²) in [4.78, 5) is 0. The minimum atomic E-state index is -0.511. The van der Waals surface area contributed by atoms with Crippen molar-refractivity contribution in [2.45, 2.75) is 19.4 Å². The first kappa shape index (κ1) is 14.3. The monoisotopic (exact) mass is 368 g/mol. The summed E-state index contributed by atoms with van der Waals surface area (Å²) < 4.78 is 6.45. The van der Waals surface area contributed by atoms with E-state index in [4.69, 9.17) is 4.74 Å². The molecule has 100 valence electrons. The summed E-state index contributed by atoms with van der Waals surface area (Å²) in [5.74, 6) is 0.823. The molecule has 0 bridgehead atoms. The lowest BCUT2D eigenvalue weighted by Gasteiger charge is -2.16. The summed E-state index contributed by atoms with van der Waals surface area (Å²) in [5, 5.41) is 10.4. The lowest BCUT2D eigenvalue weighted by Crippen LogP contribution is -2.06. The van der Waals surface area contributed by atoms with Gasteiger partial charge in [-0.05, 0) is 52.3 Å². The van der Waals surface area contributed by atoms with Crippen molar-refractivity contribution >= 4 is 22.6 Å². The number of ether oxygens (including phenoxy) is 1. The van der Waals surface area contributed by atoms with Crippen molar-refractivity contribution in [2.75, 3.05) is 7.11 Å². The molecule has 0 saturated heterocycles. The molecule has 0 spiro atoms. The van der Waals surface area contributed by atoms with Gasteiger partial charge >= 0.3 is 0 Å². The van der Waals surface area contributed by atoms with Crippen molar-refractivity contribution in [1.29, 1.82) is 0 Å². The van der Waals surface area contributed by atoms with Crippen LogP contribution in [-0.4, -0.2) is 12.2 Å². The van der Waals surface area contributed by atoms with Gasteiger partial charge < -0.3 is 9.84 Å². The van der Waals surface area contributed by atoms with Gasteiger partial charge in [-0.3, -0.25) is 0 Å². The van der Waals surface area contributed by atoms with Crippen molar-refractivity contribution in [1.82, 2.24) is 0 Å². The number of aliphatic hydroxyl groups is 1. The topological polar surface area (TPSA) is 29.5 Å². The van der Waals surface area contributed by atoms with Gasteiger partial charge in [-0.15, -0.1) is 0 Å². The van der Waals surface area contributed by atoms with Gasteiger partial charge in [0.2, 0.25) is 0 Å². The predicted molar refractivity (Wildman–Crippen MR) is 85.6 cm³/mol. The molecule has 0 aromatic heterocycles. The Bertz CT molecular complexity index is 566. The fraction of sp³-hybridized carbons (Fsp3) is 0.250. The molecule has 0 aliphatic rings. The number of aryl methyl sites for hydroxylation is 1. The van der Waals surface area contributed by atoms with Crippen LogP contribution in [-0.2, 0) is 6.42 Å². The van der Waals surface area contributed by atoms with Gasteiger partial charge in [0.15, 0.2) is 0 Å². The first-order valence-electron chi connectivity index (χ1n) is 6.18. The van der Waals surface area contributed by atoms with Crippen molar-refractivity contribution in [3.63, 3.8) is 0 Å². The Labute approximate surface area is 127 Å². The molecule has 2 rings (SSSR count). The fourth-order valence-electron chi connectivity index (χ4n) is 2.12. The van der Waals surface area contributed by atoms with Crippen LogP contribution < -0.4 is 4.74 Å². The third kappa shape index (κ3) is 3.28. The highest BCUT2D eigenvalue weighted by Crippen LogP contribution is 2.28. The van der Waals surface area contributed by atoms with Crippen LogP contribution in [0.4, 0.5) is 0 Å². The van der Waals surface area contributed by atoms with Gasteiger partial charge in [0.05, 0.1) is 13.2 Å². The first-order valence-corrected chi connectivity index (χ1v) is 7.26. The fourth-order valence-corrected chi connectivity index (χ4v) is 2.84. The number of aliphatic hydroxyl groups excluding tert-OH is 1. The van der Waals surface area contributed by atoms with Crippen LogP contribution in [0.25, 0.3) is 0 Å². The molecule has 2 nitrogen and oxygen atoms in total. The Morgan fingerprint density at radius 2 is 1.89 bits per heavy atom. The number of para-hydroxylation sites is 1. The molecule has 0 fully saturated rings. The van der Waals surface area contributed by atoms with Crippen LogP contribution in [0.3, 0.4) is 0 Å². The molecule has 19 heavy (non-hydrogen) atoms. The smallest absolute Gasteiger partial charge is 0.122 e. The molecule has 0 heterocycles. The van der Waals surface area contributed by atoms with Crippen molar-refractivity contribution < 1.29 is 9.84 Å². The van der Waals surface area contributed by atoms with Crippen LogP contribution in [0.5, 0.6) is 5.75 Å². The number of hydrogen-bond acceptors (Lipinski definition) is 2. The highest BCUT2D eigenvalue weighted by Gasteiger charge is 2.15. The second kappa shape index (κ2) is 6.39. The molecule has 3 heteroatoms. The van der Waals surface area contributed by atoms with E-state index in [0.29, 0.717) is 6.42 Å². The van der Waals surface area contributed by atoms with E-state index in [9.17, 15) is 5.11 Å². The molecule has 0 saturated carbocycles. The molecule has 0 aliphatic carbocycles. The zero-order valence-corrected chi connectivity index (χ0v) is 13.2. The minimum Gasteiger partial charge on any atom is -0.496 e. The molecule has 0 radical (unpaired) electrons. The van der Waals surface area contributed by atoms with Crippen molar-refractivity contribution in [2.24, 2.45) is 0 Å². The lowest BCUT2D eigenvalue weighted by atomic mass is 9.99. The molecule has 0 aliphatic heterocycles. The van der Waals surface area contributed by atoms with E-state index < -0.39 is 6.10 Å². The maximum absolute atomic E-state index is 10.4. The molecular formula is C16H17IO2. The van der Waals surface area contributed by atoms with E-state index in [1.165, 1.54) is 5.56 Å². The Balaban J connectivity index is 2.26. The summed E-state index contributed by atoms with van der Waals surface area (Å²) in [6.07, 6.45) is 0.0480. The normalized spacial score (nSPS) is 12.2. The van der Waals surface area contributed by atoms with Gasteiger partial charge in [0, 0.05) is 9.99 Å². The summed E-state index contributed by atoms with van der Waals surface area (Å²) in [5.41, 5.74) is 3.19. The van der Waals surface area contributed by atoms with Crippen LogP contribution >= 0.6 is 22.6 Å². The maximum atomic E-state index is 10.4. The molecule has 2 aromatic carbocycles. The summed E-state index contributed by atoms with van der Waals surface area (Å²) in [6.45, 7) is 2.06. The van der Waals surface area contributed by atoms with E-state index in [1.54, 1.807) is 7.11 Å². The highest BCUT2D eigenvalue weighted by atomic mass is 127. The van der Waals surface area contributed by atoms with E-state index >= 15 is 0 Å². The quantitative estimate of drug-likeness (QED) is 0.830. The zero-order valence-electron chi connectivity index (χ0n) is 11.1. The second-order valence-corrected chi connectivity index (χ2v) is 5.59. The third-order valence-electron chi connectivity index (χ3n) is 3.19. The van der Waals surface area contributed by atoms with Crippen LogP contribution in [0.2, 0.25) is 0 Å². The van der Waals surface area contributed by atoms with Crippen molar-refractivity contribution in [3.05, 3.63) is 62.7 Å². The Morgan fingerprint density at radius 1 is 1.16 bits per heavy atom. The first-order chi connectivity index (χ1) is 9.13. The van der Waals surface area contributed by atoms with Crippen molar-refractivity contribution in [3.8, 4) is 5.75 Å². The summed E-state index contributed by atoms with van der Waals surface area (Å²) in [7, 11) is 1.65. The number of halogens is 1. The molecule has 0 amide bonds. The summed E-state index contributed by atoms with van der Waals surface area (Å²) >= 11 is 2.29. The molecule has 1 atom stereocenters. The van der Waals surface area contributed by atoms with E-state index in [2.05, 4.69) is 35.6 Å². The number of hydrogen-bond donors (Lipinski definition) is 1. The van der Waals surface area contributed by atoms with Gasteiger partial charge in [-0.1, -0.05) is 36.4 Å². The zero-order chi connectivity index (χ0) is 13.8. The van der Waals surface area contributed by atoms with E-state index in [-0.39, 0.29) is 0 Å². The summed E-state index contributed by atoms with van der Waals surface area (Å²) in [6, 6.07) is 13.8. The second-order valence-electron chi connectivity index (χ2n) is 4.51. The number of benzene rings is 2. The van der Waals surface area contributed by atoms with Crippen LogP contribution in [0, 0.1) is 10.5 Å². The van der Waals surface area contributed by atoms with Gasteiger partial charge in [-0.25, -0.2) is 0 Å². The Morgan fingerprint density at radius 3 is 2.63 bits per heavy atom. The highest BCUT2D eigenvalue weighted by molar-refractivity contribution is 14.1. The largest absolute Gasteiger partial charge is 0.496 e. The van der Waals surface area contributed by atoms with Crippen LogP contribution in [0.1, 0.15) is 22.8 Å². The molecular weight excluding hydrogens is 351 g/mol. The Kier molecular flexibility index (Phi) is 4.82. The number of rotatable bonds is 4. The van der Waals surface area contributed by atoms with E-state index in [0.717, 1.165) is 20.4 Å². The maximum Gasteiger partial charge on any atom is 0.122 e. The van der Waals surface area contributed by atoms with Crippen LogP contribution in [0.15, 0.2) is 42.5 Å². The minimum absolute atomic E-state index is 0.511. The van der Waals surface area contributed by atoms with Gasteiger partial charge in [0.1, 0.15) is 5.75 Å².